The van der Waals surface area contributed by atoms with E-state index in [4.69, 9.17) is 20.8 Å². The number of halogens is 1. The van der Waals surface area contributed by atoms with Crippen LogP contribution in [0.5, 0.6) is 5.75 Å². The lowest BCUT2D eigenvalue weighted by Crippen LogP contribution is -2.32. The van der Waals surface area contributed by atoms with E-state index in [2.05, 4.69) is 0 Å². The molecular formula is C16H20ClNO3. The van der Waals surface area contributed by atoms with Gasteiger partial charge in [-0.1, -0.05) is 11.6 Å². The van der Waals surface area contributed by atoms with Crippen molar-refractivity contribution in [1.82, 2.24) is 4.90 Å². The minimum absolute atomic E-state index is 0.239. The third kappa shape index (κ3) is 5.42. The van der Waals surface area contributed by atoms with Crippen molar-refractivity contribution in [3.05, 3.63) is 52.9 Å². The Labute approximate surface area is 129 Å². The average molecular weight is 310 g/mol. The normalized spacial score (nSPS) is 12.6. The van der Waals surface area contributed by atoms with Crippen LogP contribution in [0, 0.1) is 6.92 Å². The van der Waals surface area contributed by atoms with E-state index < -0.39 is 6.10 Å². The Balaban J connectivity index is 1.73. The van der Waals surface area contributed by atoms with E-state index in [1.807, 2.05) is 31.0 Å². The highest BCUT2D eigenvalue weighted by Gasteiger charge is 2.11. The van der Waals surface area contributed by atoms with Gasteiger partial charge in [-0.15, -0.1) is 0 Å². The summed E-state index contributed by atoms with van der Waals surface area (Å²) in [5, 5.41) is 10.7. The van der Waals surface area contributed by atoms with Crippen LogP contribution in [0.3, 0.4) is 0 Å². The van der Waals surface area contributed by atoms with E-state index in [0.717, 1.165) is 11.5 Å². The fraction of sp³-hybridized carbons (Fsp3) is 0.375. The van der Waals surface area contributed by atoms with Crippen LogP contribution in [0.25, 0.3) is 0 Å². The van der Waals surface area contributed by atoms with Crippen molar-refractivity contribution in [3.63, 3.8) is 0 Å². The summed E-state index contributed by atoms with van der Waals surface area (Å²) in [6, 6.07) is 11.0. The molecule has 114 valence electrons. The molecule has 21 heavy (non-hydrogen) atoms. The highest BCUT2D eigenvalue weighted by molar-refractivity contribution is 6.30. The molecule has 0 aliphatic heterocycles. The van der Waals surface area contributed by atoms with Crippen LogP contribution in [-0.2, 0) is 6.54 Å². The monoisotopic (exact) mass is 309 g/mol. The Hall–Kier alpha value is -1.49. The SMILES string of the molecule is Cc1ccc(CN(C)C[C@@H](O)COc2ccc(Cl)cc2)o1. The molecule has 0 spiro atoms. The van der Waals surface area contributed by atoms with Crippen LogP contribution < -0.4 is 4.74 Å². The second kappa shape index (κ2) is 7.50. The number of aliphatic hydroxyl groups excluding tert-OH is 1. The summed E-state index contributed by atoms with van der Waals surface area (Å²) in [6.45, 7) is 3.32. The lowest BCUT2D eigenvalue weighted by molar-refractivity contribution is 0.0724. The van der Waals surface area contributed by atoms with Crippen LogP contribution in [0.1, 0.15) is 11.5 Å². The number of ether oxygens (including phenoxy) is 1. The molecule has 0 saturated carbocycles. The average Bonchev–Trinajstić information content (AvgIpc) is 2.83. The number of furan rings is 1. The predicted octanol–water partition coefficient (Wildman–Crippen LogP) is 3.11. The molecule has 1 atom stereocenters. The van der Waals surface area contributed by atoms with E-state index in [1.54, 1.807) is 24.3 Å². The molecule has 0 unspecified atom stereocenters. The number of likely N-dealkylation sites (N-methyl/N-ethyl adjacent to an activating group) is 1. The van der Waals surface area contributed by atoms with E-state index in [0.29, 0.717) is 23.9 Å². The molecule has 0 bridgehead atoms. The van der Waals surface area contributed by atoms with E-state index >= 15 is 0 Å². The Morgan fingerprint density at radius 1 is 1.24 bits per heavy atom. The Morgan fingerprint density at radius 2 is 1.95 bits per heavy atom. The van der Waals surface area contributed by atoms with Gasteiger partial charge in [0.1, 0.15) is 30.0 Å². The van der Waals surface area contributed by atoms with Crippen LogP contribution in [-0.4, -0.2) is 36.3 Å². The summed E-state index contributed by atoms with van der Waals surface area (Å²) < 4.78 is 11.0. The Kier molecular flexibility index (Phi) is 5.67. The number of hydrogen-bond acceptors (Lipinski definition) is 4. The van der Waals surface area contributed by atoms with Gasteiger partial charge in [-0.25, -0.2) is 0 Å². The van der Waals surface area contributed by atoms with Gasteiger partial charge in [-0.2, -0.15) is 0 Å². The van der Waals surface area contributed by atoms with Gasteiger partial charge in [0.2, 0.25) is 0 Å². The van der Waals surface area contributed by atoms with Gasteiger partial charge in [0.15, 0.2) is 0 Å². The fourth-order valence-electron chi connectivity index (χ4n) is 2.04. The summed E-state index contributed by atoms with van der Waals surface area (Å²) >= 11 is 5.80. The topological polar surface area (TPSA) is 45.8 Å². The smallest absolute Gasteiger partial charge is 0.119 e. The summed E-state index contributed by atoms with van der Waals surface area (Å²) in [4.78, 5) is 1.99. The standard InChI is InChI=1S/C16H20ClNO3/c1-12-3-6-16(21-12)10-18(2)9-14(19)11-20-15-7-4-13(17)5-8-15/h3-8,14,19H,9-11H2,1-2H3/t14-/m1/s1. The summed E-state index contributed by atoms with van der Waals surface area (Å²) in [7, 11) is 1.93. The van der Waals surface area contributed by atoms with Crippen molar-refractivity contribution in [3.8, 4) is 5.75 Å². The molecule has 4 nitrogen and oxygen atoms in total. The summed E-state index contributed by atoms with van der Waals surface area (Å²) in [6.07, 6.45) is -0.568. The highest BCUT2D eigenvalue weighted by atomic mass is 35.5. The van der Waals surface area contributed by atoms with Gasteiger partial charge in [-0.3, -0.25) is 4.90 Å². The molecule has 1 heterocycles. The van der Waals surface area contributed by atoms with Crippen molar-refractivity contribution in [2.24, 2.45) is 0 Å². The molecular weight excluding hydrogens is 290 g/mol. The lowest BCUT2D eigenvalue weighted by atomic mass is 10.3. The maximum atomic E-state index is 10.00. The number of aryl methyl sites for hydroxylation is 1. The van der Waals surface area contributed by atoms with Crippen LogP contribution in [0.4, 0.5) is 0 Å². The largest absolute Gasteiger partial charge is 0.491 e. The van der Waals surface area contributed by atoms with Gasteiger partial charge in [0, 0.05) is 11.6 Å². The minimum atomic E-state index is -0.568. The van der Waals surface area contributed by atoms with Crippen LogP contribution >= 0.6 is 11.6 Å². The lowest BCUT2D eigenvalue weighted by Gasteiger charge is -2.19. The Bertz CT molecular complexity index is 553. The van der Waals surface area contributed by atoms with E-state index in [1.165, 1.54) is 0 Å². The predicted molar refractivity (Wildman–Crippen MR) is 82.7 cm³/mol. The second-order valence-electron chi connectivity index (χ2n) is 5.13. The van der Waals surface area contributed by atoms with Crippen molar-refractivity contribution in [2.45, 2.75) is 19.6 Å². The van der Waals surface area contributed by atoms with Gasteiger partial charge >= 0.3 is 0 Å². The zero-order valence-corrected chi connectivity index (χ0v) is 13.0. The molecule has 1 N–H and O–H groups in total. The number of rotatable bonds is 7. The van der Waals surface area contributed by atoms with E-state index in [-0.39, 0.29) is 6.61 Å². The van der Waals surface area contributed by atoms with Gasteiger partial charge in [0.05, 0.1) is 6.54 Å². The van der Waals surface area contributed by atoms with Crippen molar-refractivity contribution in [1.29, 1.82) is 0 Å². The van der Waals surface area contributed by atoms with Crippen molar-refractivity contribution in [2.75, 3.05) is 20.2 Å². The Morgan fingerprint density at radius 3 is 2.57 bits per heavy atom. The number of hydrogen-bond donors (Lipinski definition) is 1. The fourth-order valence-corrected chi connectivity index (χ4v) is 2.16. The molecule has 1 aromatic carbocycles. The second-order valence-corrected chi connectivity index (χ2v) is 5.56. The molecule has 2 rings (SSSR count). The molecule has 2 aromatic rings. The first-order chi connectivity index (χ1) is 10.0. The molecule has 0 radical (unpaired) electrons. The number of aliphatic hydroxyl groups is 1. The first-order valence-corrected chi connectivity index (χ1v) is 7.21. The molecule has 0 amide bonds. The van der Waals surface area contributed by atoms with Gasteiger partial charge < -0.3 is 14.3 Å². The maximum Gasteiger partial charge on any atom is 0.119 e. The molecule has 0 saturated heterocycles. The highest BCUT2D eigenvalue weighted by Crippen LogP contribution is 2.15. The van der Waals surface area contributed by atoms with Crippen LogP contribution in [0.2, 0.25) is 5.02 Å². The summed E-state index contributed by atoms with van der Waals surface area (Å²) in [5.41, 5.74) is 0. The van der Waals surface area contributed by atoms with Crippen molar-refractivity contribution >= 4 is 11.6 Å². The van der Waals surface area contributed by atoms with Crippen molar-refractivity contribution < 1.29 is 14.3 Å². The number of nitrogens with zero attached hydrogens (tertiary/aromatic N) is 1. The third-order valence-corrected chi connectivity index (χ3v) is 3.25. The molecule has 5 heteroatoms. The molecule has 1 aromatic heterocycles. The van der Waals surface area contributed by atoms with Gasteiger partial charge in [0.25, 0.3) is 0 Å². The maximum absolute atomic E-state index is 10.00. The quantitative estimate of drug-likeness (QED) is 0.853. The molecule has 0 aliphatic carbocycles. The third-order valence-electron chi connectivity index (χ3n) is 3.00. The zero-order valence-electron chi connectivity index (χ0n) is 12.3. The molecule has 0 aliphatic rings. The zero-order chi connectivity index (χ0) is 15.2. The first kappa shape index (κ1) is 15.9. The van der Waals surface area contributed by atoms with Crippen LogP contribution in [0.15, 0.2) is 40.8 Å². The first-order valence-electron chi connectivity index (χ1n) is 6.83. The van der Waals surface area contributed by atoms with Gasteiger partial charge in [-0.05, 0) is 50.4 Å². The minimum Gasteiger partial charge on any atom is -0.491 e. The van der Waals surface area contributed by atoms with E-state index in [9.17, 15) is 5.11 Å². The number of benzene rings is 1. The molecule has 0 fully saturated rings. The summed E-state index contributed by atoms with van der Waals surface area (Å²) in [5.74, 6) is 2.48.